The lowest BCUT2D eigenvalue weighted by atomic mass is 10.1. The summed E-state index contributed by atoms with van der Waals surface area (Å²) in [7, 11) is -4.01. The van der Waals surface area contributed by atoms with Crippen LogP contribution in [0.25, 0.3) is 0 Å². The number of amides is 2. The minimum atomic E-state index is -4.01. The Morgan fingerprint density at radius 2 is 1.77 bits per heavy atom. The number of para-hydroxylation sites is 1. The fourth-order valence-electron chi connectivity index (χ4n) is 4.06. The molecule has 1 saturated carbocycles. The van der Waals surface area contributed by atoms with E-state index in [1.54, 1.807) is 25.1 Å². The van der Waals surface area contributed by atoms with Gasteiger partial charge in [-0.3, -0.25) is 13.9 Å². The predicted octanol–water partition coefficient (Wildman–Crippen LogP) is 4.37. The highest BCUT2D eigenvalue weighted by molar-refractivity contribution is 7.92. The lowest BCUT2D eigenvalue weighted by Gasteiger charge is -2.32. The second-order valence-electron chi connectivity index (χ2n) is 8.66. The van der Waals surface area contributed by atoms with E-state index in [4.69, 9.17) is 23.2 Å². The Labute approximate surface area is 215 Å². The molecular formula is C24H28Cl2FN3O4S. The number of sulfonamides is 1. The number of rotatable bonds is 9. The van der Waals surface area contributed by atoms with Crippen LogP contribution in [0.1, 0.15) is 38.2 Å². The summed E-state index contributed by atoms with van der Waals surface area (Å²) in [6, 6.07) is 9.24. The maximum atomic E-state index is 14.4. The molecule has 1 aliphatic carbocycles. The Morgan fingerprint density at radius 1 is 1.11 bits per heavy atom. The largest absolute Gasteiger partial charge is 0.352 e. The summed E-state index contributed by atoms with van der Waals surface area (Å²) in [6.45, 7) is 0.875. The van der Waals surface area contributed by atoms with Gasteiger partial charge in [-0.05, 0) is 49.6 Å². The maximum absolute atomic E-state index is 14.4. The standard InChI is InChI=1S/C24H28Cl2FN3O4S/c1-16(24(32)28-18-7-3-4-8-18)29(14-17-11-12-19(25)20(26)13-17)23(31)15-30(35(2,33)34)22-10-6-5-9-21(22)27/h5-6,9-13,16,18H,3-4,7-8,14-15H2,1-2H3,(H,28,32)/t16-/m1/s1. The molecule has 0 aromatic heterocycles. The molecule has 0 radical (unpaired) electrons. The molecular weight excluding hydrogens is 516 g/mol. The van der Waals surface area contributed by atoms with Crippen molar-refractivity contribution in [3.63, 3.8) is 0 Å². The van der Waals surface area contributed by atoms with Gasteiger partial charge >= 0.3 is 0 Å². The molecule has 0 heterocycles. The van der Waals surface area contributed by atoms with Crippen LogP contribution in [0.3, 0.4) is 0 Å². The highest BCUT2D eigenvalue weighted by Crippen LogP contribution is 2.25. The van der Waals surface area contributed by atoms with E-state index in [0.29, 0.717) is 14.9 Å². The quantitative estimate of drug-likeness (QED) is 0.508. The average molecular weight is 544 g/mol. The fourth-order valence-corrected chi connectivity index (χ4v) is 5.23. The molecule has 1 N–H and O–H groups in total. The first-order chi connectivity index (χ1) is 16.5. The lowest BCUT2D eigenvalue weighted by Crippen LogP contribution is -2.52. The Hall–Kier alpha value is -2.36. The number of hydrogen-bond donors (Lipinski definition) is 1. The molecule has 1 atom stereocenters. The van der Waals surface area contributed by atoms with Crippen molar-refractivity contribution in [3.05, 3.63) is 63.9 Å². The topological polar surface area (TPSA) is 86.8 Å². The van der Waals surface area contributed by atoms with Gasteiger partial charge in [0.05, 0.1) is 22.0 Å². The molecule has 3 rings (SSSR count). The molecule has 1 aliphatic rings. The molecule has 0 aliphatic heterocycles. The van der Waals surface area contributed by atoms with Crippen molar-refractivity contribution < 1.29 is 22.4 Å². The van der Waals surface area contributed by atoms with Crippen LogP contribution in [0.15, 0.2) is 42.5 Å². The van der Waals surface area contributed by atoms with Crippen molar-refractivity contribution in [3.8, 4) is 0 Å². The third kappa shape index (κ3) is 7.08. The molecule has 0 unspecified atom stereocenters. The first-order valence-electron chi connectivity index (χ1n) is 11.2. The monoisotopic (exact) mass is 543 g/mol. The van der Waals surface area contributed by atoms with Gasteiger partial charge in [0.1, 0.15) is 18.4 Å². The Bertz CT molecular complexity index is 1190. The van der Waals surface area contributed by atoms with E-state index in [2.05, 4.69) is 5.32 Å². The number of carbonyl (C=O) groups excluding carboxylic acids is 2. The first-order valence-corrected chi connectivity index (χ1v) is 13.8. The SMILES string of the molecule is C[C@H](C(=O)NC1CCCC1)N(Cc1ccc(Cl)c(Cl)c1)C(=O)CN(c1ccccc1F)S(C)(=O)=O. The maximum Gasteiger partial charge on any atom is 0.244 e. The minimum absolute atomic E-state index is 0.0240. The highest BCUT2D eigenvalue weighted by atomic mass is 35.5. The number of nitrogens with one attached hydrogen (secondary N) is 1. The van der Waals surface area contributed by atoms with E-state index in [1.165, 1.54) is 23.1 Å². The average Bonchev–Trinajstić information content (AvgIpc) is 3.30. The van der Waals surface area contributed by atoms with Gasteiger partial charge in [0.15, 0.2) is 0 Å². The lowest BCUT2D eigenvalue weighted by molar-refractivity contribution is -0.139. The normalized spacial score (nSPS) is 15.0. The van der Waals surface area contributed by atoms with Crippen LogP contribution in [0.5, 0.6) is 0 Å². The van der Waals surface area contributed by atoms with Crippen LogP contribution in [0.4, 0.5) is 10.1 Å². The third-order valence-corrected chi connectivity index (χ3v) is 7.87. The summed E-state index contributed by atoms with van der Waals surface area (Å²) in [4.78, 5) is 27.8. The number of nitrogens with zero attached hydrogens (tertiary/aromatic N) is 2. The second-order valence-corrected chi connectivity index (χ2v) is 11.4. The van der Waals surface area contributed by atoms with Crippen LogP contribution in [0.2, 0.25) is 10.0 Å². The van der Waals surface area contributed by atoms with E-state index in [-0.39, 0.29) is 29.2 Å². The number of benzene rings is 2. The minimum Gasteiger partial charge on any atom is -0.352 e. The van der Waals surface area contributed by atoms with Crippen LogP contribution < -0.4 is 9.62 Å². The number of carbonyl (C=O) groups is 2. The van der Waals surface area contributed by atoms with Crippen molar-refractivity contribution in [2.24, 2.45) is 0 Å². The van der Waals surface area contributed by atoms with E-state index in [9.17, 15) is 22.4 Å². The van der Waals surface area contributed by atoms with Gasteiger partial charge in [0.2, 0.25) is 21.8 Å². The molecule has 0 spiro atoms. The predicted molar refractivity (Wildman–Crippen MR) is 135 cm³/mol. The third-order valence-electron chi connectivity index (χ3n) is 6.01. The number of anilines is 1. The molecule has 2 aromatic rings. The van der Waals surface area contributed by atoms with E-state index < -0.39 is 34.3 Å². The highest BCUT2D eigenvalue weighted by Gasteiger charge is 2.32. The molecule has 35 heavy (non-hydrogen) atoms. The zero-order chi connectivity index (χ0) is 25.8. The Balaban J connectivity index is 1.90. The van der Waals surface area contributed by atoms with Gasteiger partial charge in [-0.15, -0.1) is 0 Å². The number of halogens is 3. The molecule has 11 heteroatoms. The molecule has 190 valence electrons. The summed E-state index contributed by atoms with van der Waals surface area (Å²) < 4.78 is 40.1. The Morgan fingerprint density at radius 3 is 2.37 bits per heavy atom. The molecule has 1 fully saturated rings. The van der Waals surface area contributed by atoms with Crippen LogP contribution in [-0.4, -0.2) is 50.0 Å². The Kier molecular flexibility index (Phi) is 9.01. The van der Waals surface area contributed by atoms with Crippen molar-refractivity contribution in [2.75, 3.05) is 17.1 Å². The van der Waals surface area contributed by atoms with Crippen molar-refractivity contribution in [1.29, 1.82) is 0 Å². The smallest absolute Gasteiger partial charge is 0.244 e. The first kappa shape index (κ1) is 27.2. The van der Waals surface area contributed by atoms with Crippen LogP contribution in [-0.2, 0) is 26.2 Å². The van der Waals surface area contributed by atoms with Gasteiger partial charge < -0.3 is 10.2 Å². The van der Waals surface area contributed by atoms with E-state index in [0.717, 1.165) is 38.0 Å². The number of hydrogen-bond acceptors (Lipinski definition) is 4. The van der Waals surface area contributed by atoms with Gasteiger partial charge in [-0.25, -0.2) is 12.8 Å². The summed E-state index contributed by atoms with van der Waals surface area (Å²) >= 11 is 12.1. The fraction of sp³-hybridized carbons (Fsp3) is 0.417. The summed E-state index contributed by atoms with van der Waals surface area (Å²) in [5.74, 6) is -1.80. The van der Waals surface area contributed by atoms with Gasteiger partial charge in [0.25, 0.3) is 0 Å². The molecule has 0 bridgehead atoms. The summed E-state index contributed by atoms with van der Waals surface area (Å²) in [5, 5.41) is 3.59. The second kappa shape index (κ2) is 11.6. The van der Waals surface area contributed by atoms with Gasteiger partial charge in [0, 0.05) is 12.6 Å². The van der Waals surface area contributed by atoms with Gasteiger partial charge in [-0.1, -0.05) is 54.2 Å². The van der Waals surface area contributed by atoms with Crippen molar-refractivity contribution in [1.82, 2.24) is 10.2 Å². The molecule has 7 nitrogen and oxygen atoms in total. The zero-order valence-electron chi connectivity index (χ0n) is 19.5. The molecule has 0 saturated heterocycles. The van der Waals surface area contributed by atoms with E-state index >= 15 is 0 Å². The molecule has 2 aromatic carbocycles. The summed E-state index contributed by atoms with van der Waals surface area (Å²) in [6.07, 6.45) is 4.68. The van der Waals surface area contributed by atoms with Crippen LogP contribution >= 0.6 is 23.2 Å². The van der Waals surface area contributed by atoms with Crippen molar-refractivity contribution in [2.45, 2.75) is 51.2 Å². The summed E-state index contributed by atoms with van der Waals surface area (Å²) in [5.41, 5.74) is 0.353. The van der Waals surface area contributed by atoms with Crippen molar-refractivity contribution >= 4 is 50.7 Å². The van der Waals surface area contributed by atoms with E-state index in [1.807, 2.05) is 0 Å². The zero-order valence-corrected chi connectivity index (χ0v) is 21.8. The molecule has 2 amide bonds. The van der Waals surface area contributed by atoms with Crippen LogP contribution in [0, 0.1) is 5.82 Å². The van der Waals surface area contributed by atoms with Gasteiger partial charge in [-0.2, -0.15) is 0 Å².